The van der Waals surface area contributed by atoms with Crippen LogP contribution in [0.25, 0.3) is 0 Å². The van der Waals surface area contributed by atoms with Gasteiger partial charge in [-0.05, 0) is 105 Å². The fourth-order valence-electron chi connectivity index (χ4n) is 9.03. The van der Waals surface area contributed by atoms with Crippen molar-refractivity contribution in [2.45, 2.75) is 98.0 Å². The molecule has 1 saturated heterocycles. The minimum absolute atomic E-state index is 0.360. The summed E-state index contributed by atoms with van der Waals surface area (Å²) in [7, 11) is 0. The van der Waals surface area contributed by atoms with Gasteiger partial charge in [0.2, 0.25) is 0 Å². The average molecular weight is 443 g/mol. The summed E-state index contributed by atoms with van der Waals surface area (Å²) in [5.41, 5.74) is 2.62. The molecule has 0 bridgehead atoms. The molecular weight excluding hydrogens is 396 g/mol. The Morgan fingerprint density at radius 3 is 2.69 bits per heavy atom. The maximum absolute atomic E-state index is 11.6. The van der Waals surface area contributed by atoms with Crippen molar-refractivity contribution in [2.24, 2.45) is 46.3 Å². The number of hydrogen-bond acceptors (Lipinski definition) is 3. The molecule has 1 heterocycles. The zero-order valence-corrected chi connectivity index (χ0v) is 21.0. The van der Waals surface area contributed by atoms with E-state index in [1.54, 1.807) is 12.5 Å². The SMILES string of the molecule is CC(=O)CC[C@@H](C)[C@H]1CC[C@H]2[C@@H]3CC=C4C[C@@H](OCC5COC5)CC[C@]4(C)[C@H]3CC[C@]12C. The normalized spacial score (nSPS) is 44.6. The molecule has 3 nitrogen and oxygen atoms in total. The Morgan fingerprint density at radius 1 is 1.16 bits per heavy atom. The molecule has 1 aliphatic heterocycles. The van der Waals surface area contributed by atoms with Crippen molar-refractivity contribution in [1.82, 2.24) is 0 Å². The van der Waals surface area contributed by atoms with E-state index in [1.165, 1.54) is 51.4 Å². The third-order valence-corrected chi connectivity index (χ3v) is 11.0. The maximum Gasteiger partial charge on any atom is 0.129 e. The van der Waals surface area contributed by atoms with E-state index in [2.05, 4.69) is 26.8 Å². The first kappa shape index (κ1) is 23.1. The Hall–Kier alpha value is -0.670. The molecule has 0 radical (unpaired) electrons. The molecule has 0 aromatic rings. The van der Waals surface area contributed by atoms with Crippen LogP contribution in [0.4, 0.5) is 0 Å². The predicted molar refractivity (Wildman–Crippen MR) is 128 cm³/mol. The van der Waals surface area contributed by atoms with Crippen LogP contribution in [0.1, 0.15) is 91.9 Å². The van der Waals surface area contributed by atoms with Gasteiger partial charge in [-0.3, -0.25) is 0 Å². The van der Waals surface area contributed by atoms with Gasteiger partial charge in [0.1, 0.15) is 5.78 Å². The van der Waals surface area contributed by atoms with Crippen molar-refractivity contribution in [3.63, 3.8) is 0 Å². The van der Waals surface area contributed by atoms with Gasteiger partial charge in [0.05, 0.1) is 25.9 Å². The fraction of sp³-hybridized carbons (Fsp3) is 0.897. The van der Waals surface area contributed by atoms with Crippen LogP contribution in [0, 0.1) is 46.3 Å². The average Bonchev–Trinajstić information content (AvgIpc) is 3.08. The van der Waals surface area contributed by atoms with Gasteiger partial charge in [-0.2, -0.15) is 0 Å². The van der Waals surface area contributed by atoms with E-state index in [1.807, 2.05) is 0 Å². The molecule has 0 N–H and O–H groups in total. The molecule has 0 aromatic carbocycles. The minimum Gasteiger partial charge on any atom is -0.381 e. The first-order chi connectivity index (χ1) is 15.3. The third kappa shape index (κ3) is 3.94. The van der Waals surface area contributed by atoms with Gasteiger partial charge < -0.3 is 14.3 Å². The smallest absolute Gasteiger partial charge is 0.129 e. The summed E-state index contributed by atoms with van der Waals surface area (Å²) in [5.74, 6) is 5.11. The monoisotopic (exact) mass is 442 g/mol. The molecule has 180 valence electrons. The largest absolute Gasteiger partial charge is 0.381 e. The summed E-state index contributed by atoms with van der Waals surface area (Å²) in [6, 6.07) is 0. The van der Waals surface area contributed by atoms with Gasteiger partial charge in [-0.15, -0.1) is 0 Å². The first-order valence-electron chi connectivity index (χ1n) is 13.7. The van der Waals surface area contributed by atoms with E-state index >= 15 is 0 Å². The van der Waals surface area contributed by atoms with Gasteiger partial charge in [0.25, 0.3) is 0 Å². The highest BCUT2D eigenvalue weighted by Crippen LogP contribution is 2.67. The van der Waals surface area contributed by atoms with Crippen LogP contribution in [0.15, 0.2) is 11.6 Å². The van der Waals surface area contributed by atoms with E-state index in [9.17, 15) is 4.79 Å². The van der Waals surface area contributed by atoms with E-state index in [4.69, 9.17) is 9.47 Å². The molecule has 8 atom stereocenters. The Kier molecular flexibility index (Phi) is 6.38. The molecule has 3 saturated carbocycles. The summed E-state index contributed by atoms with van der Waals surface area (Å²) in [6.07, 6.45) is 15.6. The minimum atomic E-state index is 0.360. The number of ketones is 1. The van der Waals surface area contributed by atoms with Crippen molar-refractivity contribution in [1.29, 1.82) is 0 Å². The Labute approximate surface area is 196 Å². The Morgan fingerprint density at radius 2 is 1.97 bits per heavy atom. The van der Waals surface area contributed by atoms with Gasteiger partial charge in [-0.1, -0.05) is 32.4 Å². The van der Waals surface area contributed by atoms with Crippen molar-refractivity contribution in [3.05, 3.63) is 11.6 Å². The number of allylic oxidation sites excluding steroid dienone is 1. The molecule has 0 spiro atoms. The van der Waals surface area contributed by atoms with E-state index in [-0.39, 0.29) is 0 Å². The molecule has 0 unspecified atom stereocenters. The lowest BCUT2D eigenvalue weighted by atomic mass is 9.47. The zero-order valence-electron chi connectivity index (χ0n) is 21.0. The Balaban J connectivity index is 1.26. The van der Waals surface area contributed by atoms with Gasteiger partial charge in [0, 0.05) is 12.3 Å². The molecule has 0 amide bonds. The molecule has 3 heteroatoms. The summed E-state index contributed by atoms with van der Waals surface area (Å²) in [6.45, 7) is 12.1. The second-order valence-electron chi connectivity index (χ2n) is 12.8. The van der Waals surface area contributed by atoms with Gasteiger partial charge in [-0.25, -0.2) is 0 Å². The maximum atomic E-state index is 11.6. The number of carbonyl (C=O) groups is 1. The standard InChI is InChI=1S/C29H46O3/c1-19(5-6-20(2)30)25-9-10-26-24-8-7-22-15-23(32-18-21-16-31-17-21)11-13-28(22,3)27(24)12-14-29(25,26)4/h7,19,21,23-27H,5-6,8-18H2,1-4H3/t19-,23+,24+,25-,26+,27+,28+,29-/m1/s1. The van der Waals surface area contributed by atoms with Crippen LogP contribution >= 0.6 is 0 Å². The number of hydrogen-bond donors (Lipinski definition) is 0. The van der Waals surface area contributed by atoms with Crippen LogP contribution in [0.3, 0.4) is 0 Å². The van der Waals surface area contributed by atoms with Crippen LogP contribution in [-0.4, -0.2) is 31.7 Å². The molecule has 0 aromatic heterocycles. The van der Waals surface area contributed by atoms with Crippen LogP contribution < -0.4 is 0 Å². The quantitative estimate of drug-likeness (QED) is 0.417. The zero-order chi connectivity index (χ0) is 22.5. The highest BCUT2D eigenvalue weighted by Gasteiger charge is 2.59. The lowest BCUT2D eigenvalue weighted by molar-refractivity contribution is -0.117. The molecule has 4 aliphatic carbocycles. The number of carbonyl (C=O) groups excluding carboxylic acids is 1. The van der Waals surface area contributed by atoms with Crippen LogP contribution in [0.5, 0.6) is 0 Å². The van der Waals surface area contributed by atoms with Crippen molar-refractivity contribution < 1.29 is 14.3 Å². The van der Waals surface area contributed by atoms with Crippen molar-refractivity contribution >= 4 is 5.78 Å². The predicted octanol–water partition coefficient (Wildman–Crippen LogP) is 6.60. The molecule has 32 heavy (non-hydrogen) atoms. The number of ether oxygens (including phenoxy) is 2. The second-order valence-corrected chi connectivity index (χ2v) is 12.8. The lowest BCUT2D eigenvalue weighted by Gasteiger charge is -2.58. The molecule has 5 aliphatic rings. The van der Waals surface area contributed by atoms with Gasteiger partial charge >= 0.3 is 0 Å². The van der Waals surface area contributed by atoms with Gasteiger partial charge in [0.15, 0.2) is 0 Å². The molecular formula is C29H46O3. The fourth-order valence-corrected chi connectivity index (χ4v) is 9.03. The first-order valence-corrected chi connectivity index (χ1v) is 13.7. The third-order valence-electron chi connectivity index (χ3n) is 11.0. The van der Waals surface area contributed by atoms with E-state index in [0.29, 0.717) is 34.6 Å². The van der Waals surface area contributed by atoms with Crippen molar-refractivity contribution in [2.75, 3.05) is 19.8 Å². The van der Waals surface area contributed by atoms with E-state index in [0.717, 1.165) is 56.3 Å². The lowest BCUT2D eigenvalue weighted by Crippen LogP contribution is -2.51. The van der Waals surface area contributed by atoms with E-state index < -0.39 is 0 Å². The number of rotatable bonds is 7. The highest BCUT2D eigenvalue weighted by atomic mass is 16.5. The molecule has 4 fully saturated rings. The van der Waals surface area contributed by atoms with Crippen molar-refractivity contribution in [3.8, 4) is 0 Å². The highest BCUT2D eigenvalue weighted by molar-refractivity contribution is 5.75. The summed E-state index contributed by atoms with van der Waals surface area (Å²) in [4.78, 5) is 11.6. The topological polar surface area (TPSA) is 35.5 Å². The van der Waals surface area contributed by atoms with Crippen LogP contribution in [-0.2, 0) is 14.3 Å². The summed E-state index contributed by atoms with van der Waals surface area (Å²) < 4.78 is 11.7. The summed E-state index contributed by atoms with van der Waals surface area (Å²) in [5, 5.41) is 0. The Bertz CT molecular complexity index is 739. The van der Waals surface area contributed by atoms with Crippen LogP contribution in [0.2, 0.25) is 0 Å². The molecule has 5 rings (SSSR count). The number of fused-ring (bicyclic) bond motifs is 5. The summed E-state index contributed by atoms with van der Waals surface area (Å²) >= 11 is 0. The number of Topliss-reactive ketones (excluding diaryl/α,β-unsaturated/α-hetero) is 1. The second kappa shape index (κ2) is 8.84.